The zero-order valence-corrected chi connectivity index (χ0v) is 45.0. The van der Waals surface area contributed by atoms with Crippen LogP contribution in [0.1, 0.15) is 54.2 Å². The van der Waals surface area contributed by atoms with Crippen LogP contribution in [0.5, 0.6) is 0 Å². The highest BCUT2D eigenvalue weighted by Gasteiger charge is 2.64. The summed E-state index contributed by atoms with van der Waals surface area (Å²) in [5, 5.41) is 1.04. The maximum atomic E-state index is 17.2. The number of methoxy groups -OCH3 is 1. The Morgan fingerprint density at radius 2 is 0.778 bits per heavy atom. The van der Waals surface area contributed by atoms with Gasteiger partial charge in [-0.25, -0.2) is 92.8 Å². The third-order valence-electron chi connectivity index (χ3n) is 15.9. The van der Waals surface area contributed by atoms with Crippen LogP contribution in [-0.2, 0) is 30.3 Å². The highest BCUT2D eigenvalue weighted by molar-refractivity contribution is 5.98. The lowest BCUT2D eigenvalue weighted by atomic mass is 9.82. The van der Waals surface area contributed by atoms with Gasteiger partial charge in [-0.15, -0.1) is 0 Å². The van der Waals surface area contributed by atoms with Crippen LogP contribution < -0.4 is 0 Å². The minimum atomic E-state index is -2.77. The molecule has 0 saturated carbocycles. The predicted molar refractivity (Wildman–Crippen MR) is 273 cm³/mol. The molecule has 3 fully saturated rings. The normalized spacial score (nSPS) is 21.1. The summed E-state index contributed by atoms with van der Waals surface area (Å²) >= 11 is 0. The van der Waals surface area contributed by atoms with Crippen molar-refractivity contribution in [2.45, 2.75) is 68.8 Å². The number of aromatic nitrogens is 4. The molecular weight excluding hydrogens is 1250 g/mol. The number of nitrogens with zero attached hydrogens (tertiary/aromatic N) is 3. The summed E-state index contributed by atoms with van der Waals surface area (Å²) in [5.41, 5.74) is -21.3. The summed E-state index contributed by atoms with van der Waals surface area (Å²) in [6.07, 6.45) is -6.75. The molecule has 90 heavy (non-hydrogen) atoms. The van der Waals surface area contributed by atoms with E-state index in [0.717, 1.165) is 12.2 Å². The standard InChI is InChI=1S/C60H31F20N5O5/c1-60(2)88-57-56(87-59(86-3)58(57)89-60)54-31-52-25(29-36(65)44(73)50(79)45(74)37(29)66)21-13-11-19(82-21)23(27-32(61)40(69)48(77)41(70)33(27)62)17-9-10-18(81-17)24(28-34(63)42(71)49(78)43(72)35(28)64)20-12-14-22(83-20)26(30-38(67)46(75)51(80)47(76)39(30)68)53(84-52)55(31)90-85(54)15-16-7-5-4-6-8-16/h4-14,31,54-59,82-83H,15H2,1-3H3/t31-,54+,55+,56-,57+,58+,59+/m1/s1. The minimum absolute atomic E-state index is 0.311. The van der Waals surface area contributed by atoms with Crippen LogP contribution in [0.3, 0.4) is 0 Å². The number of hydrogen-bond donors (Lipinski definition) is 2. The third kappa shape index (κ3) is 8.86. The number of aromatic amines is 2. The number of halogens is 20. The number of rotatable bonds is 8. The summed E-state index contributed by atoms with van der Waals surface area (Å²) in [4.78, 5) is 20.0. The Hall–Kier alpha value is -8.68. The van der Waals surface area contributed by atoms with E-state index in [2.05, 4.69) is 19.9 Å². The van der Waals surface area contributed by atoms with Gasteiger partial charge in [0.2, 0.25) is 23.3 Å². The molecule has 8 heterocycles. The van der Waals surface area contributed by atoms with E-state index in [1.807, 2.05) is 0 Å². The van der Waals surface area contributed by atoms with Crippen molar-refractivity contribution in [3.8, 4) is 44.5 Å². The van der Waals surface area contributed by atoms with Gasteiger partial charge in [0.1, 0.15) is 24.4 Å². The van der Waals surface area contributed by atoms with Crippen molar-refractivity contribution in [2.24, 2.45) is 0 Å². The highest BCUT2D eigenvalue weighted by Crippen LogP contribution is 2.58. The van der Waals surface area contributed by atoms with Crippen LogP contribution in [-0.4, -0.2) is 68.5 Å². The first-order chi connectivity index (χ1) is 42.7. The van der Waals surface area contributed by atoms with E-state index in [9.17, 15) is 8.78 Å². The molecule has 0 unspecified atom stereocenters. The molecule has 3 saturated heterocycles. The summed E-state index contributed by atoms with van der Waals surface area (Å²) in [6.45, 7) is 2.41. The second kappa shape index (κ2) is 21.5. The molecule has 8 aromatic rings. The summed E-state index contributed by atoms with van der Waals surface area (Å²) in [7, 11) is 1.16. The van der Waals surface area contributed by atoms with Crippen LogP contribution >= 0.6 is 0 Å². The Labute approximate surface area is 489 Å². The predicted octanol–water partition coefficient (Wildman–Crippen LogP) is 15.5. The molecule has 466 valence electrons. The van der Waals surface area contributed by atoms with Crippen molar-refractivity contribution in [3.63, 3.8) is 0 Å². The zero-order valence-electron chi connectivity index (χ0n) is 45.0. The van der Waals surface area contributed by atoms with Gasteiger partial charge in [0.05, 0.1) is 57.0 Å². The summed E-state index contributed by atoms with van der Waals surface area (Å²) in [6, 6.07) is 8.41. The molecule has 5 aliphatic rings. The van der Waals surface area contributed by atoms with E-state index in [4.69, 9.17) is 23.8 Å². The van der Waals surface area contributed by atoms with E-state index < -0.39 is 261 Å². The van der Waals surface area contributed by atoms with Crippen LogP contribution in [0.2, 0.25) is 0 Å². The summed E-state index contributed by atoms with van der Waals surface area (Å²) < 4.78 is 345. The van der Waals surface area contributed by atoms with Crippen LogP contribution in [0, 0.1) is 116 Å². The molecular formula is C60H31F20N5O5. The molecule has 5 aromatic carbocycles. The molecule has 0 aliphatic carbocycles. The smallest absolute Gasteiger partial charge is 0.200 e. The summed E-state index contributed by atoms with van der Waals surface area (Å²) in [5.74, 6) is -57.3. The molecule has 3 aromatic heterocycles. The topological polar surface area (TPSA) is 107 Å². The zero-order chi connectivity index (χ0) is 64.3. The van der Waals surface area contributed by atoms with E-state index in [-0.39, 0.29) is 0 Å². The molecule has 0 spiro atoms. The van der Waals surface area contributed by atoms with Gasteiger partial charge in [-0.1, -0.05) is 30.3 Å². The lowest BCUT2D eigenvalue weighted by Gasteiger charge is -2.33. The Bertz CT molecular complexity index is 4540. The first kappa shape index (κ1) is 60.2. The lowest BCUT2D eigenvalue weighted by molar-refractivity contribution is -0.247. The maximum absolute atomic E-state index is 17.2. The monoisotopic (exact) mass is 1280 g/mol. The van der Waals surface area contributed by atoms with Crippen molar-refractivity contribution in [1.82, 2.24) is 25.0 Å². The number of ether oxygens (including phenoxy) is 4. The van der Waals surface area contributed by atoms with Crippen molar-refractivity contribution >= 4 is 34.2 Å². The van der Waals surface area contributed by atoms with Crippen LogP contribution in [0.15, 0.2) is 54.6 Å². The molecule has 5 aliphatic heterocycles. The molecule has 30 heteroatoms. The number of hydrogen-bond acceptors (Lipinski definition) is 8. The van der Waals surface area contributed by atoms with E-state index in [1.165, 1.54) is 38.1 Å². The largest absolute Gasteiger partial charge is 0.354 e. The molecule has 10 nitrogen and oxygen atoms in total. The minimum Gasteiger partial charge on any atom is -0.354 e. The molecule has 13 rings (SSSR count). The fourth-order valence-corrected chi connectivity index (χ4v) is 12.1. The SMILES string of the molecule is CO[C@H]1O[C@H]([C@@H]2[C@H]3c4nc(c(-c5c(F)c(F)c(F)c(F)c5F)c5ccc([nH]5)c(-c5c(F)c(F)c(F)c(F)c5F)c5nc(c(-c6c(F)c(F)c(F)c(F)c6F)c6ccc([nH]6)c4-c4c(F)c(F)c(F)c(F)c4F)C=C5)[C@H]3ON2Cc2ccccc2)[C@@H]2OC(C)(C)O[C@H]12. The van der Waals surface area contributed by atoms with E-state index in [0.29, 0.717) is 42.0 Å². The molecule has 0 amide bonds. The van der Waals surface area contributed by atoms with Crippen molar-refractivity contribution < 1.29 is 112 Å². The van der Waals surface area contributed by atoms with Gasteiger partial charge < -0.3 is 28.9 Å². The number of benzene rings is 5. The Balaban J connectivity index is 1.29. The average molecular weight is 1280 g/mol. The number of H-pyrrole nitrogens is 2. The second-order valence-electron chi connectivity index (χ2n) is 21.3. The lowest BCUT2D eigenvalue weighted by Crippen LogP contribution is -2.47. The fourth-order valence-electron chi connectivity index (χ4n) is 12.1. The van der Waals surface area contributed by atoms with Gasteiger partial charge >= 0.3 is 0 Å². The molecule has 8 bridgehead atoms. The fraction of sp³-hybridized carbons (Fsp3) is 0.200. The van der Waals surface area contributed by atoms with Crippen LogP contribution in [0.25, 0.3) is 78.7 Å². The first-order valence-corrected chi connectivity index (χ1v) is 26.2. The van der Waals surface area contributed by atoms with Gasteiger partial charge in [0.15, 0.2) is 105 Å². The quantitative estimate of drug-likeness (QED) is 0.0880. The second-order valence-corrected chi connectivity index (χ2v) is 21.3. The maximum Gasteiger partial charge on any atom is 0.200 e. The van der Waals surface area contributed by atoms with Crippen molar-refractivity contribution in [2.75, 3.05) is 7.11 Å². The Kier molecular flexibility index (Phi) is 14.4. The number of hydroxylamine groups is 2. The van der Waals surface area contributed by atoms with E-state index in [1.54, 1.807) is 6.07 Å². The van der Waals surface area contributed by atoms with Crippen molar-refractivity contribution in [3.05, 3.63) is 199 Å². The van der Waals surface area contributed by atoms with Crippen LogP contribution in [0.4, 0.5) is 87.8 Å². The van der Waals surface area contributed by atoms with Gasteiger partial charge in [-0.05, 0) is 55.8 Å². The highest BCUT2D eigenvalue weighted by atomic mass is 19.2. The third-order valence-corrected chi connectivity index (χ3v) is 15.9. The first-order valence-electron chi connectivity index (χ1n) is 26.2. The Morgan fingerprint density at radius 3 is 1.18 bits per heavy atom. The molecule has 0 radical (unpaired) electrons. The van der Waals surface area contributed by atoms with Gasteiger partial charge in [0.25, 0.3) is 0 Å². The van der Waals surface area contributed by atoms with Gasteiger partial charge in [0, 0.05) is 58.0 Å². The van der Waals surface area contributed by atoms with Gasteiger partial charge in [-0.2, -0.15) is 5.06 Å². The number of fused-ring (bicyclic) bond motifs is 12. The number of nitrogens with one attached hydrogen (secondary N) is 2. The molecule has 2 N–H and O–H groups in total. The molecule has 7 atom stereocenters. The van der Waals surface area contributed by atoms with Gasteiger partial charge in [-0.3, -0.25) is 9.82 Å². The average Bonchev–Trinajstić information content (AvgIpc) is 1.54. The van der Waals surface area contributed by atoms with E-state index >= 15 is 79.0 Å². The Morgan fingerprint density at radius 1 is 0.422 bits per heavy atom. The van der Waals surface area contributed by atoms with Crippen molar-refractivity contribution in [1.29, 1.82) is 0 Å².